The van der Waals surface area contributed by atoms with Crippen LogP contribution in [0.15, 0.2) is 42.5 Å². The first-order chi connectivity index (χ1) is 11.1. The molecule has 6 nitrogen and oxygen atoms in total. The lowest BCUT2D eigenvalue weighted by Gasteiger charge is -2.09. The predicted molar refractivity (Wildman–Crippen MR) is 84.6 cm³/mol. The Kier molecular flexibility index (Phi) is 5.53. The van der Waals surface area contributed by atoms with Gasteiger partial charge in [0.2, 0.25) is 0 Å². The molecule has 0 aromatic heterocycles. The van der Waals surface area contributed by atoms with E-state index in [1.165, 1.54) is 6.07 Å². The molecule has 0 N–H and O–H groups in total. The standard InChI is InChI=1S/C17H16N2O4/c1-13-6-7-17(16(10-13)19(20)21)23-9-3-8-22-15-5-2-4-14(11-15)12-18/h2,4-7,10-11H,3,8-9H2,1H3. The fourth-order valence-corrected chi connectivity index (χ4v) is 1.98. The Balaban J connectivity index is 1.82. The van der Waals surface area contributed by atoms with Crippen LogP contribution in [0.4, 0.5) is 5.69 Å². The van der Waals surface area contributed by atoms with Crippen molar-refractivity contribution in [2.45, 2.75) is 13.3 Å². The number of nitrogens with zero attached hydrogens (tertiary/aromatic N) is 2. The Morgan fingerprint density at radius 2 is 1.96 bits per heavy atom. The molecule has 2 rings (SSSR count). The first-order valence-corrected chi connectivity index (χ1v) is 7.11. The van der Waals surface area contributed by atoms with Gasteiger partial charge in [-0.15, -0.1) is 0 Å². The van der Waals surface area contributed by atoms with Gasteiger partial charge in [0.15, 0.2) is 5.75 Å². The first-order valence-electron chi connectivity index (χ1n) is 7.11. The zero-order chi connectivity index (χ0) is 16.7. The molecule has 2 aromatic rings. The molecular weight excluding hydrogens is 296 g/mol. The van der Waals surface area contributed by atoms with Gasteiger partial charge < -0.3 is 9.47 Å². The fraction of sp³-hybridized carbons (Fsp3) is 0.235. The number of nitro benzene ring substituents is 1. The van der Waals surface area contributed by atoms with Gasteiger partial charge in [-0.25, -0.2) is 0 Å². The van der Waals surface area contributed by atoms with Crippen LogP contribution in [0.25, 0.3) is 0 Å². The van der Waals surface area contributed by atoms with Crippen molar-refractivity contribution in [2.75, 3.05) is 13.2 Å². The second kappa shape index (κ2) is 7.80. The lowest BCUT2D eigenvalue weighted by atomic mass is 10.2. The third kappa shape index (κ3) is 4.71. The molecule has 0 radical (unpaired) electrons. The Morgan fingerprint density at radius 3 is 2.70 bits per heavy atom. The van der Waals surface area contributed by atoms with E-state index < -0.39 is 4.92 Å². The molecule has 0 fully saturated rings. The number of aryl methyl sites for hydroxylation is 1. The molecule has 0 amide bonds. The summed E-state index contributed by atoms with van der Waals surface area (Å²) < 4.78 is 11.0. The quantitative estimate of drug-likeness (QED) is 0.443. The van der Waals surface area contributed by atoms with Crippen LogP contribution in [0, 0.1) is 28.4 Å². The summed E-state index contributed by atoms with van der Waals surface area (Å²) in [5.74, 6) is 0.873. The molecule has 23 heavy (non-hydrogen) atoms. The predicted octanol–water partition coefficient (Wildman–Crippen LogP) is 3.62. The van der Waals surface area contributed by atoms with Gasteiger partial charge in [-0.2, -0.15) is 5.26 Å². The van der Waals surface area contributed by atoms with E-state index in [1.54, 1.807) is 43.3 Å². The van der Waals surface area contributed by atoms with Gasteiger partial charge in [-0.1, -0.05) is 12.1 Å². The molecule has 0 aliphatic rings. The van der Waals surface area contributed by atoms with Crippen molar-refractivity contribution in [1.82, 2.24) is 0 Å². The van der Waals surface area contributed by atoms with Crippen LogP contribution >= 0.6 is 0 Å². The highest BCUT2D eigenvalue weighted by molar-refractivity contribution is 5.48. The topological polar surface area (TPSA) is 85.4 Å². The van der Waals surface area contributed by atoms with E-state index in [2.05, 4.69) is 0 Å². The summed E-state index contributed by atoms with van der Waals surface area (Å²) in [6.45, 7) is 2.50. The van der Waals surface area contributed by atoms with Crippen LogP contribution in [0.3, 0.4) is 0 Å². The average Bonchev–Trinajstić information content (AvgIpc) is 2.55. The highest BCUT2D eigenvalue weighted by atomic mass is 16.6. The Hall–Kier alpha value is -3.07. The lowest BCUT2D eigenvalue weighted by Crippen LogP contribution is -2.06. The van der Waals surface area contributed by atoms with Gasteiger partial charge in [0.25, 0.3) is 0 Å². The zero-order valence-electron chi connectivity index (χ0n) is 12.7. The number of nitriles is 1. The number of benzene rings is 2. The maximum Gasteiger partial charge on any atom is 0.311 e. The smallest absolute Gasteiger partial charge is 0.311 e. The molecule has 0 bridgehead atoms. The number of hydrogen-bond acceptors (Lipinski definition) is 5. The van der Waals surface area contributed by atoms with Gasteiger partial charge >= 0.3 is 5.69 Å². The van der Waals surface area contributed by atoms with Gasteiger partial charge in [0.1, 0.15) is 5.75 Å². The van der Waals surface area contributed by atoms with Crippen molar-refractivity contribution in [3.8, 4) is 17.6 Å². The summed E-state index contributed by atoms with van der Waals surface area (Å²) in [4.78, 5) is 10.5. The third-order valence-electron chi connectivity index (χ3n) is 3.09. The number of nitro groups is 1. The molecule has 6 heteroatoms. The summed E-state index contributed by atoms with van der Waals surface area (Å²) in [5.41, 5.74) is 1.31. The van der Waals surface area contributed by atoms with Crippen molar-refractivity contribution >= 4 is 5.69 Å². The molecule has 0 atom stereocenters. The van der Waals surface area contributed by atoms with Gasteiger partial charge in [-0.3, -0.25) is 10.1 Å². The maximum atomic E-state index is 11.0. The minimum absolute atomic E-state index is 0.0346. The lowest BCUT2D eigenvalue weighted by molar-refractivity contribution is -0.385. The molecule has 0 spiro atoms. The van der Waals surface area contributed by atoms with E-state index >= 15 is 0 Å². The molecule has 0 saturated carbocycles. The van der Waals surface area contributed by atoms with Crippen LogP contribution in [0.1, 0.15) is 17.5 Å². The highest BCUT2D eigenvalue weighted by Gasteiger charge is 2.14. The van der Waals surface area contributed by atoms with Gasteiger partial charge in [0, 0.05) is 12.5 Å². The van der Waals surface area contributed by atoms with E-state index in [9.17, 15) is 10.1 Å². The number of ether oxygens (including phenoxy) is 2. The van der Waals surface area contributed by atoms with E-state index in [4.69, 9.17) is 14.7 Å². The van der Waals surface area contributed by atoms with Crippen molar-refractivity contribution in [1.29, 1.82) is 5.26 Å². The summed E-state index contributed by atoms with van der Waals surface area (Å²) in [6, 6.07) is 13.8. The van der Waals surface area contributed by atoms with Crippen molar-refractivity contribution < 1.29 is 14.4 Å². The monoisotopic (exact) mass is 312 g/mol. The molecule has 0 aliphatic heterocycles. The Morgan fingerprint density at radius 1 is 1.17 bits per heavy atom. The van der Waals surface area contributed by atoms with E-state index in [1.807, 2.05) is 6.07 Å². The minimum Gasteiger partial charge on any atom is -0.493 e. The summed E-state index contributed by atoms with van der Waals surface area (Å²) in [6.07, 6.45) is 0.571. The molecular formula is C17H16N2O4. The highest BCUT2D eigenvalue weighted by Crippen LogP contribution is 2.27. The normalized spacial score (nSPS) is 9.91. The second-order valence-electron chi connectivity index (χ2n) is 4.92. The number of rotatable bonds is 7. The van der Waals surface area contributed by atoms with E-state index in [0.29, 0.717) is 30.9 Å². The molecule has 0 saturated heterocycles. The van der Waals surface area contributed by atoms with Gasteiger partial charge in [0.05, 0.1) is 29.8 Å². The molecule has 118 valence electrons. The van der Waals surface area contributed by atoms with Crippen LogP contribution in [-0.2, 0) is 0 Å². The molecule has 0 unspecified atom stereocenters. The Labute approximate surface area is 134 Å². The second-order valence-corrected chi connectivity index (χ2v) is 4.92. The Bertz CT molecular complexity index is 738. The van der Waals surface area contributed by atoms with Gasteiger partial charge in [-0.05, 0) is 36.8 Å². The first kappa shape index (κ1) is 16.3. The van der Waals surface area contributed by atoms with Crippen LogP contribution < -0.4 is 9.47 Å². The van der Waals surface area contributed by atoms with Crippen molar-refractivity contribution in [3.63, 3.8) is 0 Å². The summed E-state index contributed by atoms with van der Waals surface area (Å²) in [5, 5.41) is 19.8. The largest absolute Gasteiger partial charge is 0.493 e. The summed E-state index contributed by atoms with van der Waals surface area (Å²) >= 11 is 0. The third-order valence-corrected chi connectivity index (χ3v) is 3.09. The van der Waals surface area contributed by atoms with Crippen LogP contribution in [0.2, 0.25) is 0 Å². The SMILES string of the molecule is Cc1ccc(OCCCOc2cccc(C#N)c2)c([N+](=O)[O-])c1. The fourth-order valence-electron chi connectivity index (χ4n) is 1.98. The average molecular weight is 312 g/mol. The molecule has 2 aromatic carbocycles. The van der Waals surface area contributed by atoms with Crippen LogP contribution in [0.5, 0.6) is 11.5 Å². The molecule has 0 aliphatic carbocycles. The zero-order valence-corrected chi connectivity index (χ0v) is 12.7. The van der Waals surface area contributed by atoms with E-state index in [0.717, 1.165) is 5.56 Å². The van der Waals surface area contributed by atoms with Crippen molar-refractivity contribution in [3.05, 3.63) is 63.7 Å². The van der Waals surface area contributed by atoms with Crippen LogP contribution in [-0.4, -0.2) is 18.1 Å². The minimum atomic E-state index is -0.452. The molecule has 0 heterocycles. The maximum absolute atomic E-state index is 11.0. The summed E-state index contributed by atoms with van der Waals surface area (Å²) in [7, 11) is 0. The number of hydrogen-bond donors (Lipinski definition) is 0. The van der Waals surface area contributed by atoms with Crippen molar-refractivity contribution in [2.24, 2.45) is 0 Å². The van der Waals surface area contributed by atoms with E-state index in [-0.39, 0.29) is 11.4 Å².